The van der Waals surface area contributed by atoms with Gasteiger partial charge in [0.2, 0.25) is 0 Å². The molecule has 21 heavy (non-hydrogen) atoms. The molecule has 1 aliphatic heterocycles. The number of hydrogen-bond donors (Lipinski definition) is 1. The number of nitrogens with one attached hydrogen (secondary N) is 1. The SMILES string of the molecule is O=C(c1ccco1)N1CCN(CCCc2ncc[nH]2)CC1. The van der Waals surface area contributed by atoms with E-state index in [1.165, 1.54) is 6.26 Å². The molecule has 2 aromatic rings. The largest absolute Gasteiger partial charge is 0.459 e. The highest BCUT2D eigenvalue weighted by molar-refractivity contribution is 5.91. The predicted octanol–water partition coefficient (Wildman–Crippen LogP) is 1.39. The second-order valence-corrected chi connectivity index (χ2v) is 5.25. The summed E-state index contributed by atoms with van der Waals surface area (Å²) in [5.41, 5.74) is 0. The van der Waals surface area contributed by atoms with E-state index in [-0.39, 0.29) is 5.91 Å². The summed E-state index contributed by atoms with van der Waals surface area (Å²) >= 11 is 0. The molecule has 0 unspecified atom stereocenters. The number of aromatic amines is 1. The summed E-state index contributed by atoms with van der Waals surface area (Å²) in [6, 6.07) is 3.47. The van der Waals surface area contributed by atoms with Crippen LogP contribution in [-0.2, 0) is 6.42 Å². The Bertz CT molecular complexity index is 542. The molecular weight excluding hydrogens is 268 g/mol. The van der Waals surface area contributed by atoms with Crippen LogP contribution in [0.3, 0.4) is 0 Å². The summed E-state index contributed by atoms with van der Waals surface area (Å²) in [4.78, 5) is 23.7. The summed E-state index contributed by atoms with van der Waals surface area (Å²) in [7, 11) is 0. The fraction of sp³-hybridized carbons (Fsp3) is 0.467. The monoisotopic (exact) mass is 288 g/mol. The molecule has 1 aliphatic rings. The molecule has 6 nitrogen and oxygen atoms in total. The normalized spacial score (nSPS) is 16.3. The van der Waals surface area contributed by atoms with Crippen LogP contribution in [-0.4, -0.2) is 58.4 Å². The van der Waals surface area contributed by atoms with Gasteiger partial charge in [-0.1, -0.05) is 0 Å². The third-order valence-corrected chi connectivity index (χ3v) is 3.83. The van der Waals surface area contributed by atoms with Gasteiger partial charge in [-0.25, -0.2) is 4.98 Å². The van der Waals surface area contributed by atoms with Gasteiger partial charge in [0.15, 0.2) is 5.76 Å². The van der Waals surface area contributed by atoms with Gasteiger partial charge in [0.1, 0.15) is 5.82 Å². The van der Waals surface area contributed by atoms with Crippen LogP contribution in [0.25, 0.3) is 0 Å². The third kappa shape index (κ3) is 3.52. The van der Waals surface area contributed by atoms with Crippen molar-refractivity contribution in [2.45, 2.75) is 12.8 Å². The van der Waals surface area contributed by atoms with E-state index >= 15 is 0 Å². The molecule has 3 heterocycles. The summed E-state index contributed by atoms with van der Waals surface area (Å²) < 4.78 is 5.17. The minimum absolute atomic E-state index is 0.00441. The second kappa shape index (κ2) is 6.58. The fourth-order valence-corrected chi connectivity index (χ4v) is 2.64. The lowest BCUT2D eigenvalue weighted by Gasteiger charge is -2.34. The lowest BCUT2D eigenvalue weighted by atomic mass is 10.2. The van der Waals surface area contributed by atoms with Crippen molar-refractivity contribution in [1.82, 2.24) is 19.8 Å². The smallest absolute Gasteiger partial charge is 0.289 e. The van der Waals surface area contributed by atoms with Crippen molar-refractivity contribution in [3.8, 4) is 0 Å². The maximum absolute atomic E-state index is 12.1. The minimum atomic E-state index is -0.00441. The molecule has 1 amide bonds. The van der Waals surface area contributed by atoms with Crippen LogP contribution < -0.4 is 0 Å². The number of aryl methyl sites for hydroxylation is 1. The van der Waals surface area contributed by atoms with E-state index in [9.17, 15) is 4.79 Å². The lowest BCUT2D eigenvalue weighted by Crippen LogP contribution is -2.48. The number of H-pyrrole nitrogens is 1. The van der Waals surface area contributed by atoms with Crippen LogP contribution in [0.5, 0.6) is 0 Å². The zero-order valence-electron chi connectivity index (χ0n) is 12.0. The van der Waals surface area contributed by atoms with Gasteiger partial charge in [-0.3, -0.25) is 9.69 Å². The number of hydrogen-bond acceptors (Lipinski definition) is 4. The number of imidazole rings is 1. The van der Waals surface area contributed by atoms with E-state index in [1.807, 2.05) is 11.1 Å². The van der Waals surface area contributed by atoms with E-state index in [4.69, 9.17) is 4.42 Å². The Labute approximate surface area is 123 Å². The molecule has 3 rings (SSSR count). The van der Waals surface area contributed by atoms with Crippen molar-refractivity contribution in [1.29, 1.82) is 0 Å². The average Bonchev–Trinajstić information content (AvgIpc) is 3.21. The molecule has 1 saturated heterocycles. The number of carbonyl (C=O) groups is 1. The standard InChI is InChI=1S/C15H20N4O2/c20-15(13-3-2-12-21-13)19-10-8-18(9-11-19)7-1-4-14-16-5-6-17-14/h2-3,5-6,12H,1,4,7-11H2,(H,16,17). The number of aromatic nitrogens is 2. The Kier molecular flexibility index (Phi) is 4.35. The first kappa shape index (κ1) is 13.9. The van der Waals surface area contributed by atoms with Gasteiger partial charge in [0.05, 0.1) is 6.26 Å². The zero-order valence-corrected chi connectivity index (χ0v) is 12.0. The van der Waals surface area contributed by atoms with Gasteiger partial charge < -0.3 is 14.3 Å². The molecule has 1 N–H and O–H groups in total. The molecule has 0 aliphatic carbocycles. The fourth-order valence-electron chi connectivity index (χ4n) is 2.64. The highest BCUT2D eigenvalue weighted by atomic mass is 16.3. The first-order chi connectivity index (χ1) is 10.3. The highest BCUT2D eigenvalue weighted by Crippen LogP contribution is 2.10. The van der Waals surface area contributed by atoms with Crippen LogP contribution in [0.2, 0.25) is 0 Å². The van der Waals surface area contributed by atoms with Crippen molar-refractivity contribution in [3.63, 3.8) is 0 Å². The summed E-state index contributed by atoms with van der Waals surface area (Å²) in [6.07, 6.45) is 7.24. The van der Waals surface area contributed by atoms with Gasteiger partial charge in [-0.05, 0) is 25.1 Å². The Balaban J connectivity index is 1.40. The number of nitrogens with zero attached hydrogens (tertiary/aromatic N) is 3. The first-order valence-electron chi connectivity index (χ1n) is 7.36. The van der Waals surface area contributed by atoms with Crippen molar-refractivity contribution < 1.29 is 9.21 Å². The summed E-state index contributed by atoms with van der Waals surface area (Å²) in [6.45, 7) is 4.42. The van der Waals surface area contributed by atoms with Crippen molar-refractivity contribution in [3.05, 3.63) is 42.4 Å². The van der Waals surface area contributed by atoms with Crippen molar-refractivity contribution in [2.24, 2.45) is 0 Å². The average molecular weight is 288 g/mol. The van der Waals surface area contributed by atoms with Gasteiger partial charge in [0, 0.05) is 45.0 Å². The van der Waals surface area contributed by atoms with Crippen LogP contribution in [0, 0.1) is 0 Å². The van der Waals surface area contributed by atoms with Crippen molar-refractivity contribution >= 4 is 5.91 Å². The summed E-state index contributed by atoms with van der Waals surface area (Å²) in [5, 5.41) is 0. The molecular formula is C15H20N4O2. The number of furan rings is 1. The van der Waals surface area contributed by atoms with Gasteiger partial charge in [-0.2, -0.15) is 0 Å². The van der Waals surface area contributed by atoms with Crippen LogP contribution in [0.4, 0.5) is 0 Å². The number of carbonyl (C=O) groups excluding carboxylic acids is 1. The second-order valence-electron chi connectivity index (χ2n) is 5.25. The summed E-state index contributed by atoms with van der Waals surface area (Å²) in [5.74, 6) is 1.47. The van der Waals surface area contributed by atoms with Crippen LogP contribution in [0.1, 0.15) is 22.8 Å². The third-order valence-electron chi connectivity index (χ3n) is 3.83. The molecule has 0 saturated carbocycles. The Morgan fingerprint density at radius 1 is 1.33 bits per heavy atom. The van der Waals surface area contributed by atoms with E-state index in [2.05, 4.69) is 14.9 Å². The van der Waals surface area contributed by atoms with Crippen molar-refractivity contribution in [2.75, 3.05) is 32.7 Å². The topological polar surface area (TPSA) is 65.4 Å². The van der Waals surface area contributed by atoms with Gasteiger partial charge in [-0.15, -0.1) is 0 Å². The quantitative estimate of drug-likeness (QED) is 0.903. The van der Waals surface area contributed by atoms with E-state index < -0.39 is 0 Å². The molecule has 6 heteroatoms. The Morgan fingerprint density at radius 2 is 2.19 bits per heavy atom. The number of piperazine rings is 1. The minimum Gasteiger partial charge on any atom is -0.459 e. The maximum atomic E-state index is 12.1. The number of rotatable bonds is 5. The van der Waals surface area contributed by atoms with Crippen LogP contribution in [0.15, 0.2) is 35.2 Å². The van der Waals surface area contributed by atoms with E-state index in [1.54, 1.807) is 18.3 Å². The zero-order chi connectivity index (χ0) is 14.5. The maximum Gasteiger partial charge on any atom is 0.289 e. The molecule has 0 spiro atoms. The molecule has 0 bridgehead atoms. The molecule has 0 aromatic carbocycles. The van der Waals surface area contributed by atoms with E-state index in [0.717, 1.165) is 51.4 Å². The molecule has 1 fully saturated rings. The van der Waals surface area contributed by atoms with Gasteiger partial charge >= 0.3 is 0 Å². The molecule has 112 valence electrons. The highest BCUT2D eigenvalue weighted by Gasteiger charge is 2.23. The Morgan fingerprint density at radius 3 is 2.86 bits per heavy atom. The first-order valence-corrected chi connectivity index (χ1v) is 7.36. The molecule has 0 atom stereocenters. The predicted molar refractivity (Wildman–Crippen MR) is 78.0 cm³/mol. The Hall–Kier alpha value is -2.08. The van der Waals surface area contributed by atoms with E-state index in [0.29, 0.717) is 5.76 Å². The number of amides is 1. The van der Waals surface area contributed by atoms with Gasteiger partial charge in [0.25, 0.3) is 5.91 Å². The lowest BCUT2D eigenvalue weighted by molar-refractivity contribution is 0.0605. The molecule has 2 aromatic heterocycles. The molecule has 0 radical (unpaired) electrons. The van der Waals surface area contributed by atoms with Crippen LogP contribution >= 0.6 is 0 Å².